The summed E-state index contributed by atoms with van der Waals surface area (Å²) in [5.41, 5.74) is 8.65. The van der Waals surface area contributed by atoms with E-state index in [1.807, 2.05) is 12.1 Å². The van der Waals surface area contributed by atoms with Gasteiger partial charge in [0.15, 0.2) is 5.60 Å². The van der Waals surface area contributed by atoms with Crippen LogP contribution in [0.15, 0.2) is 131 Å². The summed E-state index contributed by atoms with van der Waals surface area (Å²) < 4.78 is 41.0. The van der Waals surface area contributed by atoms with Crippen LogP contribution in [0.1, 0.15) is 63.8 Å². The molecule has 0 saturated heterocycles. The Kier molecular flexibility index (Phi) is 18.5. The maximum absolute atomic E-state index is 14.5. The summed E-state index contributed by atoms with van der Waals surface area (Å²) in [6.07, 6.45) is 2.03. The molecule has 6 rings (SSSR count). The van der Waals surface area contributed by atoms with Crippen LogP contribution in [-0.4, -0.2) is 88.7 Å². The van der Waals surface area contributed by atoms with Crippen molar-refractivity contribution in [1.82, 2.24) is 31.3 Å². The standard InChI is InChI=1S/C53H57ClN8O10S/c1-33-27-44(71-4)34(2)35(3)49(33)73(69,70)62-52(55)56-26-14-23-42-50(67)59-32-47(65)61-43(51(68)58-30-37-16-13-15-36(28-37)24-25-45(63)57-31-46(64)60-42)29-48(66)72-53(38-17-7-5-8-18-38,39-19-9-6-10-20-39)40-21-11-12-22-41(40)54/h5-13,15-22,24-25,27-28,42-43H,14,23,26,29-32H2,1-4H3,(H,57,63)(H,58,68)(H,59,67)(H,60,64)(H,61,65)(H3,55,56,62)/b25-24+/t42-,43-/m0/s1. The molecule has 5 aromatic carbocycles. The molecular formula is C53H57ClN8O10S. The zero-order chi connectivity index (χ0) is 52.7. The molecule has 0 saturated carbocycles. The minimum atomic E-state index is -4.18. The number of nitrogens with one attached hydrogen (secondary N) is 6. The summed E-state index contributed by atoms with van der Waals surface area (Å²) in [6.45, 7) is 3.63. The van der Waals surface area contributed by atoms with E-state index in [-0.39, 0.29) is 30.8 Å². The van der Waals surface area contributed by atoms with Crippen LogP contribution in [0.2, 0.25) is 5.02 Å². The molecule has 1 heterocycles. The fourth-order valence-electron chi connectivity index (χ4n) is 8.26. The van der Waals surface area contributed by atoms with Gasteiger partial charge >= 0.3 is 5.97 Å². The number of amides is 5. The summed E-state index contributed by atoms with van der Waals surface area (Å²) in [6, 6.07) is 30.4. The number of methoxy groups -OCH3 is 1. The van der Waals surface area contributed by atoms with Gasteiger partial charge in [0, 0.05) is 40.9 Å². The van der Waals surface area contributed by atoms with Crippen LogP contribution in [0, 0.1) is 20.8 Å². The van der Waals surface area contributed by atoms with Crippen molar-refractivity contribution in [1.29, 1.82) is 0 Å². The Morgan fingerprint density at radius 2 is 1.36 bits per heavy atom. The number of fused-ring (bicyclic) bond motifs is 2. The van der Waals surface area contributed by atoms with Gasteiger partial charge in [0.25, 0.3) is 10.0 Å². The van der Waals surface area contributed by atoms with Gasteiger partial charge in [-0.3, -0.25) is 33.8 Å². The number of hydrogen-bond acceptors (Lipinski definition) is 11. The third kappa shape index (κ3) is 14.1. The molecule has 0 aliphatic carbocycles. The number of halogens is 1. The van der Waals surface area contributed by atoms with E-state index < -0.39 is 88.7 Å². The number of sulfonamides is 1. The van der Waals surface area contributed by atoms with Gasteiger partial charge in [-0.1, -0.05) is 109 Å². The van der Waals surface area contributed by atoms with Crippen molar-refractivity contribution in [3.63, 3.8) is 0 Å². The van der Waals surface area contributed by atoms with Crippen LogP contribution in [-0.2, 0) is 55.7 Å². The first-order valence-corrected chi connectivity index (χ1v) is 25.0. The lowest BCUT2D eigenvalue weighted by molar-refractivity contribution is -0.155. The minimum absolute atomic E-state index is 0.0147. The van der Waals surface area contributed by atoms with E-state index in [2.05, 4.69) is 36.3 Å². The molecule has 0 fully saturated rings. The van der Waals surface area contributed by atoms with Gasteiger partial charge in [0.1, 0.15) is 17.8 Å². The second-order valence-electron chi connectivity index (χ2n) is 17.0. The number of esters is 1. The van der Waals surface area contributed by atoms with E-state index in [4.69, 9.17) is 26.8 Å². The maximum Gasteiger partial charge on any atom is 0.310 e. The number of benzene rings is 5. The molecule has 1 aliphatic rings. The zero-order valence-corrected chi connectivity index (χ0v) is 42.2. The van der Waals surface area contributed by atoms with Gasteiger partial charge in [-0.2, -0.15) is 0 Å². The predicted molar refractivity (Wildman–Crippen MR) is 275 cm³/mol. The summed E-state index contributed by atoms with van der Waals surface area (Å²) >= 11 is 6.85. The van der Waals surface area contributed by atoms with E-state index >= 15 is 0 Å². The first kappa shape index (κ1) is 54.3. The third-order valence-electron chi connectivity index (χ3n) is 11.9. The van der Waals surface area contributed by atoms with Gasteiger partial charge < -0.3 is 41.8 Å². The molecule has 0 radical (unpaired) electrons. The highest BCUT2D eigenvalue weighted by Gasteiger charge is 2.43. The van der Waals surface area contributed by atoms with Gasteiger partial charge in [-0.25, -0.2) is 13.1 Å². The van der Waals surface area contributed by atoms with E-state index in [1.54, 1.807) is 124 Å². The van der Waals surface area contributed by atoms with Crippen molar-refractivity contribution < 1.29 is 46.7 Å². The number of nitrogens with zero attached hydrogens (tertiary/aromatic N) is 1. The maximum atomic E-state index is 14.5. The second kappa shape index (κ2) is 24.9. The highest BCUT2D eigenvalue weighted by molar-refractivity contribution is 7.90. The normalized spacial score (nSPS) is 16.9. The monoisotopic (exact) mass is 1030 g/mol. The lowest BCUT2D eigenvalue weighted by Crippen LogP contribution is -2.53. The fourth-order valence-corrected chi connectivity index (χ4v) is 10.0. The molecule has 2 bridgehead atoms. The Labute approximate surface area is 428 Å². The lowest BCUT2D eigenvalue weighted by atomic mass is 9.80. The number of rotatable bonds is 13. The molecule has 20 heteroatoms. The summed E-state index contributed by atoms with van der Waals surface area (Å²) in [7, 11) is -2.69. The molecule has 18 nitrogen and oxygen atoms in total. The van der Waals surface area contributed by atoms with Crippen molar-refractivity contribution >= 4 is 69.2 Å². The highest BCUT2D eigenvalue weighted by Crippen LogP contribution is 2.43. The van der Waals surface area contributed by atoms with Crippen molar-refractivity contribution in [2.24, 2.45) is 10.7 Å². The minimum Gasteiger partial charge on any atom is -0.496 e. The van der Waals surface area contributed by atoms with E-state index in [9.17, 15) is 37.2 Å². The fraction of sp³-hybridized carbons (Fsp3) is 0.264. The Hall–Kier alpha value is -8.03. The predicted octanol–water partition coefficient (Wildman–Crippen LogP) is 4.12. The van der Waals surface area contributed by atoms with Crippen LogP contribution < -0.4 is 41.8 Å². The topological polar surface area (TPSA) is 266 Å². The average Bonchev–Trinajstić information content (AvgIpc) is 3.37. The van der Waals surface area contributed by atoms with Crippen molar-refractivity contribution in [3.8, 4) is 5.75 Å². The summed E-state index contributed by atoms with van der Waals surface area (Å²) in [4.78, 5) is 86.0. The van der Waals surface area contributed by atoms with Crippen LogP contribution in [0.3, 0.4) is 0 Å². The van der Waals surface area contributed by atoms with Crippen LogP contribution >= 0.6 is 11.6 Å². The molecule has 8 N–H and O–H groups in total. The van der Waals surface area contributed by atoms with Crippen LogP contribution in [0.25, 0.3) is 6.08 Å². The summed E-state index contributed by atoms with van der Waals surface area (Å²) in [5, 5.41) is 13.1. The van der Waals surface area contributed by atoms with Crippen molar-refractivity contribution in [2.45, 2.75) is 69.2 Å². The Balaban J connectivity index is 1.23. The Morgan fingerprint density at radius 1 is 0.753 bits per heavy atom. The van der Waals surface area contributed by atoms with Crippen molar-refractivity contribution in [3.05, 3.63) is 171 Å². The molecule has 73 heavy (non-hydrogen) atoms. The van der Waals surface area contributed by atoms with Gasteiger partial charge in [-0.15, -0.1) is 0 Å². The molecule has 2 atom stereocenters. The molecule has 5 amide bonds. The first-order chi connectivity index (χ1) is 34.9. The lowest BCUT2D eigenvalue weighted by Gasteiger charge is -2.36. The summed E-state index contributed by atoms with van der Waals surface area (Å²) in [5.74, 6) is -4.60. The van der Waals surface area contributed by atoms with Gasteiger partial charge in [0.2, 0.25) is 35.5 Å². The molecule has 0 spiro atoms. The smallest absolute Gasteiger partial charge is 0.310 e. The quantitative estimate of drug-likeness (QED) is 0.0290. The SMILES string of the molecule is COc1cc(C)c(S(=O)(=O)NC(N)=NCCC[C@@H]2NC(=O)CNC(=O)/C=C/c3cccc(c3)CNC(=O)[C@H](CC(=O)OC(c3ccccc3)(c3ccccc3)c3ccccc3Cl)NC(=O)CNC2=O)c(C)c1C. The number of ether oxygens (including phenoxy) is 2. The highest BCUT2D eigenvalue weighted by atomic mass is 35.5. The number of guanidine groups is 1. The number of aryl methyl sites for hydroxylation is 1. The number of carbonyl (C=O) groups is 6. The van der Waals surface area contributed by atoms with Gasteiger partial charge in [0.05, 0.1) is 31.5 Å². The number of carbonyl (C=O) groups excluding carboxylic acids is 6. The second-order valence-corrected chi connectivity index (χ2v) is 19.1. The van der Waals surface area contributed by atoms with Crippen molar-refractivity contribution in [2.75, 3.05) is 26.7 Å². The number of hydrogen-bond donors (Lipinski definition) is 7. The Morgan fingerprint density at radius 3 is 2.01 bits per heavy atom. The molecule has 1 aliphatic heterocycles. The molecule has 0 aromatic heterocycles. The van der Waals surface area contributed by atoms with E-state index in [0.717, 1.165) is 0 Å². The van der Waals surface area contributed by atoms with Gasteiger partial charge in [-0.05, 0) is 85.7 Å². The number of aliphatic imine (C=N–C) groups is 1. The van der Waals surface area contributed by atoms with E-state index in [1.165, 1.54) is 19.3 Å². The molecule has 382 valence electrons. The van der Waals surface area contributed by atoms with E-state index in [0.29, 0.717) is 55.3 Å². The molecule has 5 aromatic rings. The van der Waals surface area contributed by atoms with Crippen LogP contribution in [0.5, 0.6) is 5.75 Å². The molecule has 0 unspecified atom stereocenters. The first-order valence-electron chi connectivity index (χ1n) is 23.2. The zero-order valence-electron chi connectivity index (χ0n) is 40.6. The largest absolute Gasteiger partial charge is 0.496 e. The number of nitrogens with two attached hydrogens (primary N) is 1. The third-order valence-corrected chi connectivity index (χ3v) is 13.9. The average molecular weight is 1030 g/mol. The molecular weight excluding hydrogens is 976 g/mol. The Bertz CT molecular complexity index is 2990. The van der Waals surface area contributed by atoms with Crippen LogP contribution in [0.4, 0.5) is 0 Å².